The normalized spacial score (nSPS) is 26.3. The number of carbonyl (C=O) groups excluding carboxylic acids is 1. The average molecular weight is 370 g/mol. The van der Waals surface area contributed by atoms with Crippen LogP contribution < -0.4 is 0 Å². The fourth-order valence-corrected chi connectivity index (χ4v) is 6.26. The first-order valence-electron chi connectivity index (χ1n) is 7.96. The number of aliphatic hydroxyl groups excluding tert-OH is 1. The molecule has 2 aliphatic rings. The van der Waals surface area contributed by atoms with Crippen LogP contribution in [0.4, 0.5) is 0 Å². The molecule has 0 aliphatic carbocycles. The minimum absolute atomic E-state index is 0.00672. The quantitative estimate of drug-likeness (QED) is 0.770. The zero-order valence-corrected chi connectivity index (χ0v) is 15.2. The molecule has 3 rings (SSSR count). The Morgan fingerprint density at radius 2 is 1.96 bits per heavy atom. The highest BCUT2D eigenvalue weighted by molar-refractivity contribution is 7.98. The lowest BCUT2D eigenvalue weighted by Gasteiger charge is -2.43. The van der Waals surface area contributed by atoms with E-state index in [0.29, 0.717) is 25.2 Å². The van der Waals surface area contributed by atoms with Crippen LogP contribution in [0.25, 0.3) is 0 Å². The van der Waals surface area contributed by atoms with E-state index in [0.717, 1.165) is 4.90 Å². The molecule has 1 amide bonds. The van der Waals surface area contributed by atoms with E-state index in [1.54, 1.807) is 11.0 Å². The van der Waals surface area contributed by atoms with Crippen LogP contribution in [0.1, 0.15) is 10.4 Å². The molecular weight excluding hydrogens is 348 g/mol. The number of nitrogens with zero attached hydrogens (tertiary/aromatic N) is 2. The first-order valence-corrected chi connectivity index (χ1v) is 11.0. The number of thioether (sulfide) groups is 1. The van der Waals surface area contributed by atoms with Gasteiger partial charge in [0.1, 0.15) is 0 Å². The number of benzene rings is 1. The molecule has 6 nitrogen and oxygen atoms in total. The average Bonchev–Trinajstić information content (AvgIpc) is 2.90. The van der Waals surface area contributed by atoms with E-state index < -0.39 is 9.84 Å². The molecule has 0 radical (unpaired) electrons. The van der Waals surface area contributed by atoms with Gasteiger partial charge in [-0.25, -0.2) is 8.42 Å². The highest BCUT2D eigenvalue weighted by Gasteiger charge is 2.48. The van der Waals surface area contributed by atoms with Crippen LogP contribution in [0.2, 0.25) is 0 Å². The van der Waals surface area contributed by atoms with Crippen molar-refractivity contribution in [1.82, 2.24) is 9.80 Å². The number of carbonyl (C=O) groups is 1. The van der Waals surface area contributed by atoms with Crippen molar-refractivity contribution < 1.29 is 18.3 Å². The van der Waals surface area contributed by atoms with E-state index in [1.807, 2.05) is 29.4 Å². The Kier molecular flexibility index (Phi) is 5.19. The van der Waals surface area contributed by atoms with Gasteiger partial charge in [-0.2, -0.15) is 0 Å². The molecule has 2 heterocycles. The van der Waals surface area contributed by atoms with Gasteiger partial charge in [-0.15, -0.1) is 11.8 Å². The summed E-state index contributed by atoms with van der Waals surface area (Å²) in [6.07, 6.45) is 1.92. The molecule has 0 aromatic heterocycles. The fourth-order valence-electron chi connectivity index (χ4n) is 3.66. The maximum Gasteiger partial charge on any atom is 0.255 e. The van der Waals surface area contributed by atoms with Crippen molar-refractivity contribution in [3.05, 3.63) is 29.8 Å². The van der Waals surface area contributed by atoms with Gasteiger partial charge >= 0.3 is 0 Å². The van der Waals surface area contributed by atoms with Crippen LogP contribution in [-0.2, 0) is 9.84 Å². The van der Waals surface area contributed by atoms with Crippen molar-refractivity contribution in [3.8, 4) is 0 Å². The van der Waals surface area contributed by atoms with Gasteiger partial charge < -0.3 is 10.0 Å². The number of β-amino-alcohol motifs (C(OH)–C–C–N with tert-alkyl or cyclic N) is 1. The summed E-state index contributed by atoms with van der Waals surface area (Å²) in [5.74, 6) is -0.0334. The predicted octanol–water partition coefficient (Wildman–Crippen LogP) is 0.324. The molecule has 0 bridgehead atoms. The molecule has 2 unspecified atom stereocenters. The number of piperazine rings is 1. The van der Waals surface area contributed by atoms with Crippen molar-refractivity contribution >= 4 is 27.5 Å². The Labute approximate surface area is 146 Å². The van der Waals surface area contributed by atoms with Crippen molar-refractivity contribution in [2.75, 3.05) is 44.0 Å². The summed E-state index contributed by atoms with van der Waals surface area (Å²) in [5.41, 5.74) is 0.628. The van der Waals surface area contributed by atoms with Crippen LogP contribution in [0.3, 0.4) is 0 Å². The summed E-state index contributed by atoms with van der Waals surface area (Å²) < 4.78 is 24.3. The van der Waals surface area contributed by atoms with Gasteiger partial charge in [-0.05, 0) is 18.4 Å². The maximum absolute atomic E-state index is 13.0. The Bertz CT molecular complexity index is 723. The van der Waals surface area contributed by atoms with Gasteiger partial charge in [0.2, 0.25) is 0 Å². The zero-order valence-electron chi connectivity index (χ0n) is 13.6. The van der Waals surface area contributed by atoms with Crippen molar-refractivity contribution in [3.63, 3.8) is 0 Å². The molecule has 2 aliphatic heterocycles. The zero-order chi connectivity index (χ0) is 17.3. The lowest BCUT2D eigenvalue weighted by Crippen LogP contribution is -2.61. The highest BCUT2D eigenvalue weighted by Crippen LogP contribution is 2.30. The molecule has 2 atom stereocenters. The van der Waals surface area contributed by atoms with Gasteiger partial charge in [-0.1, -0.05) is 12.1 Å². The Morgan fingerprint density at radius 1 is 1.25 bits per heavy atom. The molecular formula is C16H22N2O4S2. The van der Waals surface area contributed by atoms with Crippen molar-refractivity contribution in [2.45, 2.75) is 17.0 Å². The first kappa shape index (κ1) is 17.7. The monoisotopic (exact) mass is 370 g/mol. The minimum Gasteiger partial charge on any atom is -0.395 e. The number of rotatable bonds is 4. The number of amides is 1. The summed E-state index contributed by atoms with van der Waals surface area (Å²) in [4.78, 5) is 17.7. The Balaban J connectivity index is 1.90. The molecule has 1 aromatic carbocycles. The molecule has 0 spiro atoms. The van der Waals surface area contributed by atoms with Crippen LogP contribution in [0.15, 0.2) is 29.2 Å². The highest BCUT2D eigenvalue weighted by atomic mass is 32.2. The van der Waals surface area contributed by atoms with Crippen LogP contribution in [-0.4, -0.2) is 85.3 Å². The van der Waals surface area contributed by atoms with E-state index in [1.165, 1.54) is 11.8 Å². The first-order chi connectivity index (χ1) is 11.5. The standard InChI is InChI=1S/C16H22N2O4S2/c1-23-15-5-3-2-4-12(15)16(20)18-7-6-17(8-9-19)13-10-24(21,22)11-14(13)18/h2-5,13-14,19H,6-11H2,1H3. The third-order valence-corrected chi connectivity index (χ3v) is 7.27. The summed E-state index contributed by atoms with van der Waals surface area (Å²) >= 11 is 1.51. The van der Waals surface area contributed by atoms with Crippen LogP contribution >= 0.6 is 11.8 Å². The predicted molar refractivity (Wildman–Crippen MR) is 94.1 cm³/mol. The van der Waals surface area contributed by atoms with E-state index in [2.05, 4.69) is 0 Å². The summed E-state index contributed by atoms with van der Waals surface area (Å²) in [5, 5.41) is 9.22. The second kappa shape index (κ2) is 7.03. The van der Waals surface area contributed by atoms with E-state index in [9.17, 15) is 18.3 Å². The third kappa shape index (κ3) is 3.33. The SMILES string of the molecule is CSc1ccccc1C(=O)N1CCN(CCO)C2CS(=O)(=O)CC21. The van der Waals surface area contributed by atoms with Gasteiger partial charge in [-0.3, -0.25) is 9.69 Å². The molecule has 1 aromatic rings. The summed E-state index contributed by atoms with van der Waals surface area (Å²) in [6, 6.07) is 6.87. The number of hydrogen-bond donors (Lipinski definition) is 1. The van der Waals surface area contributed by atoms with Gasteiger partial charge in [0.05, 0.1) is 29.7 Å². The van der Waals surface area contributed by atoms with Crippen molar-refractivity contribution in [1.29, 1.82) is 0 Å². The second-order valence-corrected chi connectivity index (χ2v) is 9.17. The minimum atomic E-state index is -3.17. The number of fused-ring (bicyclic) bond motifs is 1. The molecule has 8 heteroatoms. The van der Waals surface area contributed by atoms with E-state index in [4.69, 9.17) is 0 Å². The maximum atomic E-state index is 13.0. The molecule has 2 fully saturated rings. The van der Waals surface area contributed by atoms with Gasteiger partial charge in [0.25, 0.3) is 5.91 Å². The summed E-state index contributed by atoms with van der Waals surface area (Å²) in [7, 11) is -3.17. The number of aliphatic hydroxyl groups is 1. The molecule has 24 heavy (non-hydrogen) atoms. The lowest BCUT2D eigenvalue weighted by atomic mass is 10.0. The Morgan fingerprint density at radius 3 is 2.67 bits per heavy atom. The summed E-state index contributed by atoms with van der Waals surface area (Å²) in [6.45, 7) is 1.51. The van der Waals surface area contributed by atoms with E-state index >= 15 is 0 Å². The molecule has 2 saturated heterocycles. The van der Waals surface area contributed by atoms with Crippen LogP contribution in [0.5, 0.6) is 0 Å². The van der Waals surface area contributed by atoms with Gasteiger partial charge in [0.15, 0.2) is 9.84 Å². The van der Waals surface area contributed by atoms with Gasteiger partial charge in [0, 0.05) is 30.6 Å². The molecule has 1 N–H and O–H groups in total. The smallest absolute Gasteiger partial charge is 0.255 e. The Hall–Kier alpha value is -1.09. The van der Waals surface area contributed by atoms with Crippen molar-refractivity contribution in [2.24, 2.45) is 0 Å². The fraction of sp³-hybridized carbons (Fsp3) is 0.562. The number of sulfone groups is 1. The largest absolute Gasteiger partial charge is 0.395 e. The molecule has 0 saturated carbocycles. The van der Waals surface area contributed by atoms with Crippen LogP contribution in [0, 0.1) is 0 Å². The second-order valence-electron chi connectivity index (χ2n) is 6.17. The van der Waals surface area contributed by atoms with E-state index in [-0.39, 0.29) is 36.1 Å². The lowest BCUT2D eigenvalue weighted by molar-refractivity contribution is 0.0279. The number of hydrogen-bond acceptors (Lipinski definition) is 6. The third-order valence-electron chi connectivity index (χ3n) is 4.78. The molecule has 132 valence electrons. The topological polar surface area (TPSA) is 77.9 Å².